The zero-order chi connectivity index (χ0) is 25.4. The summed E-state index contributed by atoms with van der Waals surface area (Å²) in [4.78, 5) is 36.9. The van der Waals surface area contributed by atoms with Gasteiger partial charge in [-0.15, -0.1) is 22.7 Å². The molecule has 0 amide bonds. The minimum atomic E-state index is -1.76. The second-order valence-electron chi connectivity index (χ2n) is 8.32. The lowest BCUT2D eigenvalue weighted by atomic mass is 9.83. The molecule has 0 aliphatic carbocycles. The summed E-state index contributed by atoms with van der Waals surface area (Å²) in [5.74, 6) is -1.63. The van der Waals surface area contributed by atoms with Crippen molar-refractivity contribution in [2.75, 3.05) is 13.2 Å². The summed E-state index contributed by atoms with van der Waals surface area (Å²) < 4.78 is 9.94. The predicted octanol–water partition coefficient (Wildman–Crippen LogP) is 3.21. The molecule has 184 valence electrons. The van der Waals surface area contributed by atoms with Gasteiger partial charge in [-0.2, -0.15) is 0 Å². The normalized spacial score (nSPS) is 14.5. The number of esters is 2. The van der Waals surface area contributed by atoms with Crippen LogP contribution < -0.4 is 0 Å². The van der Waals surface area contributed by atoms with Crippen molar-refractivity contribution in [1.29, 1.82) is 0 Å². The fourth-order valence-electron chi connectivity index (χ4n) is 3.38. The van der Waals surface area contributed by atoms with Crippen LogP contribution in [-0.4, -0.2) is 52.4 Å². The first-order chi connectivity index (χ1) is 16.0. The van der Waals surface area contributed by atoms with Gasteiger partial charge in [0.15, 0.2) is 5.78 Å². The Labute approximate surface area is 207 Å². The molecule has 0 fully saturated rings. The molecule has 0 bridgehead atoms. The second-order valence-corrected chi connectivity index (χ2v) is 10.3. The molecule has 0 aromatic carbocycles. The predicted molar refractivity (Wildman–Crippen MR) is 132 cm³/mol. The van der Waals surface area contributed by atoms with E-state index in [2.05, 4.69) is 13.2 Å². The van der Waals surface area contributed by atoms with Crippen molar-refractivity contribution >= 4 is 40.4 Å². The number of hydrogen-bond donors (Lipinski definition) is 2. The Morgan fingerprint density at radius 3 is 1.59 bits per heavy atom. The third kappa shape index (κ3) is 8.32. The van der Waals surface area contributed by atoms with E-state index < -0.39 is 28.9 Å². The van der Waals surface area contributed by atoms with Gasteiger partial charge in [0.25, 0.3) is 0 Å². The number of aliphatic hydroxyl groups is 2. The Bertz CT molecular complexity index is 949. The molecule has 2 atom stereocenters. The van der Waals surface area contributed by atoms with E-state index in [1.165, 1.54) is 36.5 Å². The van der Waals surface area contributed by atoms with Gasteiger partial charge in [0.2, 0.25) is 0 Å². The summed E-state index contributed by atoms with van der Waals surface area (Å²) in [6.07, 6.45) is 3.35. The van der Waals surface area contributed by atoms with Crippen LogP contribution in [0.1, 0.15) is 34.7 Å². The quantitative estimate of drug-likeness (QED) is 0.299. The van der Waals surface area contributed by atoms with Crippen molar-refractivity contribution in [2.45, 2.75) is 50.7 Å². The Hall–Kier alpha value is -2.59. The van der Waals surface area contributed by atoms with Crippen molar-refractivity contribution in [3.8, 4) is 0 Å². The maximum absolute atomic E-state index is 13.0. The summed E-state index contributed by atoms with van der Waals surface area (Å²) in [7, 11) is 0. The van der Waals surface area contributed by atoms with Crippen molar-refractivity contribution in [3.05, 3.63) is 69.1 Å². The van der Waals surface area contributed by atoms with Crippen LogP contribution in [0.15, 0.2) is 48.2 Å². The molecule has 2 N–H and O–H groups in total. The van der Waals surface area contributed by atoms with E-state index in [0.717, 1.165) is 33.0 Å². The summed E-state index contributed by atoms with van der Waals surface area (Å²) in [6, 6.07) is 3.71. The molecule has 0 aliphatic rings. The minimum absolute atomic E-state index is 0.0590. The molecular weight excluding hydrogens is 476 g/mol. The van der Waals surface area contributed by atoms with Gasteiger partial charge in [-0.25, -0.2) is 9.59 Å². The van der Waals surface area contributed by atoms with Crippen LogP contribution in [-0.2, 0) is 49.5 Å². The molecular formula is C25H30O7S2. The van der Waals surface area contributed by atoms with E-state index in [0.29, 0.717) is 12.8 Å². The van der Waals surface area contributed by atoms with Gasteiger partial charge in [-0.3, -0.25) is 4.79 Å². The molecule has 2 rings (SSSR count). The van der Waals surface area contributed by atoms with Crippen LogP contribution in [0.2, 0.25) is 0 Å². The lowest BCUT2D eigenvalue weighted by Crippen LogP contribution is -2.51. The van der Waals surface area contributed by atoms with Crippen LogP contribution >= 0.6 is 22.7 Å². The first-order valence-corrected chi connectivity index (χ1v) is 12.4. The number of carbonyl (C=O) groups excluding carboxylic acids is 3. The lowest BCUT2D eigenvalue weighted by Gasteiger charge is -2.30. The SMILES string of the molecule is C=CC(=O)OCCc1csc(CC(C)(O)C(=O)C(C)(O)Cc2cc(CCOC(=O)C=C)cs2)c1. The molecule has 0 radical (unpaired) electrons. The Kier molecular flexibility index (Phi) is 9.93. The molecule has 2 heterocycles. The Morgan fingerprint density at radius 2 is 1.24 bits per heavy atom. The van der Waals surface area contributed by atoms with Gasteiger partial charge in [-0.1, -0.05) is 13.2 Å². The highest BCUT2D eigenvalue weighted by atomic mass is 32.1. The molecule has 0 saturated heterocycles. The summed E-state index contributed by atoms with van der Waals surface area (Å²) in [5, 5.41) is 25.6. The van der Waals surface area contributed by atoms with E-state index in [9.17, 15) is 24.6 Å². The molecule has 2 aromatic rings. The van der Waals surface area contributed by atoms with E-state index >= 15 is 0 Å². The number of thiophene rings is 2. The monoisotopic (exact) mass is 506 g/mol. The maximum Gasteiger partial charge on any atom is 0.330 e. The van der Waals surface area contributed by atoms with Crippen LogP contribution in [0, 0.1) is 0 Å². The number of ether oxygens (including phenoxy) is 2. The average Bonchev–Trinajstić information content (AvgIpc) is 3.41. The van der Waals surface area contributed by atoms with E-state index in [1.54, 1.807) is 0 Å². The standard InChI is InChI=1S/C25H30O7S2/c1-5-21(26)31-9-7-17-11-19(33-15-17)13-24(3,29)23(28)25(4,30)14-20-12-18(16-34-20)8-10-32-22(27)6-2/h5-6,11-12,15-16,29-30H,1-2,7-10,13-14H2,3-4H3. The molecule has 7 nitrogen and oxygen atoms in total. The fourth-order valence-corrected chi connectivity index (χ4v) is 5.52. The Morgan fingerprint density at radius 1 is 0.853 bits per heavy atom. The number of rotatable bonds is 14. The molecule has 9 heteroatoms. The highest BCUT2D eigenvalue weighted by Gasteiger charge is 2.43. The van der Waals surface area contributed by atoms with Gasteiger partial charge >= 0.3 is 11.9 Å². The van der Waals surface area contributed by atoms with E-state index in [-0.39, 0.29) is 26.1 Å². The topological polar surface area (TPSA) is 110 Å². The largest absolute Gasteiger partial charge is 0.462 e. The number of carbonyl (C=O) groups is 3. The summed E-state index contributed by atoms with van der Waals surface area (Å²) in [6.45, 7) is 9.92. The fraction of sp³-hybridized carbons (Fsp3) is 0.400. The van der Waals surface area contributed by atoms with Crippen LogP contribution in [0.3, 0.4) is 0 Å². The van der Waals surface area contributed by atoms with Gasteiger partial charge in [0.1, 0.15) is 11.2 Å². The highest BCUT2D eigenvalue weighted by Crippen LogP contribution is 2.28. The average molecular weight is 507 g/mol. The van der Waals surface area contributed by atoms with Crippen molar-refractivity contribution in [3.63, 3.8) is 0 Å². The Balaban J connectivity index is 1.94. The lowest BCUT2D eigenvalue weighted by molar-refractivity contribution is -0.153. The zero-order valence-electron chi connectivity index (χ0n) is 19.4. The molecule has 0 spiro atoms. The number of hydrogen-bond acceptors (Lipinski definition) is 9. The van der Waals surface area contributed by atoms with Gasteiger partial charge < -0.3 is 19.7 Å². The van der Waals surface area contributed by atoms with Gasteiger partial charge in [-0.05, 0) is 47.9 Å². The van der Waals surface area contributed by atoms with Gasteiger partial charge in [0, 0.05) is 47.6 Å². The molecule has 0 saturated carbocycles. The third-order valence-corrected chi connectivity index (χ3v) is 7.01. The van der Waals surface area contributed by atoms with Crippen LogP contribution in [0.5, 0.6) is 0 Å². The molecule has 2 aromatic heterocycles. The van der Waals surface area contributed by atoms with Crippen molar-refractivity contribution in [1.82, 2.24) is 0 Å². The van der Waals surface area contributed by atoms with Gasteiger partial charge in [0.05, 0.1) is 13.2 Å². The number of ketones is 1. The molecule has 0 aliphatic heterocycles. The van der Waals surface area contributed by atoms with E-state index in [1.807, 2.05) is 22.9 Å². The van der Waals surface area contributed by atoms with Crippen LogP contribution in [0.4, 0.5) is 0 Å². The number of Topliss-reactive ketones (excluding diaryl/α,β-unsaturated/α-hetero) is 1. The van der Waals surface area contributed by atoms with E-state index in [4.69, 9.17) is 9.47 Å². The molecule has 34 heavy (non-hydrogen) atoms. The minimum Gasteiger partial charge on any atom is -0.462 e. The maximum atomic E-state index is 13.0. The zero-order valence-corrected chi connectivity index (χ0v) is 21.0. The van der Waals surface area contributed by atoms with Crippen LogP contribution in [0.25, 0.3) is 0 Å². The summed E-state index contributed by atoms with van der Waals surface area (Å²) >= 11 is 2.79. The smallest absolute Gasteiger partial charge is 0.330 e. The third-order valence-electron chi connectivity index (χ3n) is 5.03. The molecule has 2 unspecified atom stereocenters. The van der Waals surface area contributed by atoms with Crippen molar-refractivity contribution < 1.29 is 34.1 Å². The second kappa shape index (κ2) is 12.2. The highest BCUT2D eigenvalue weighted by molar-refractivity contribution is 7.10. The first-order valence-electron chi connectivity index (χ1n) is 10.7. The van der Waals surface area contributed by atoms with Crippen molar-refractivity contribution in [2.24, 2.45) is 0 Å². The summed E-state index contributed by atoms with van der Waals surface area (Å²) in [5.41, 5.74) is -1.67. The first kappa shape index (κ1) is 27.7.